The molecule has 2 aromatic heterocycles. The van der Waals surface area contributed by atoms with Crippen molar-refractivity contribution < 1.29 is 19.0 Å². The Balaban J connectivity index is 1.66. The van der Waals surface area contributed by atoms with E-state index >= 15 is 0 Å². The van der Waals surface area contributed by atoms with Crippen LogP contribution in [0, 0.1) is 6.92 Å². The molecule has 0 unspecified atom stereocenters. The molecule has 4 aromatic rings. The van der Waals surface area contributed by atoms with E-state index in [0.29, 0.717) is 35.5 Å². The minimum atomic E-state index is -0.214. The summed E-state index contributed by atoms with van der Waals surface area (Å²) in [4.78, 5) is 17.6. The molecule has 33 heavy (non-hydrogen) atoms. The molecule has 1 N–H and O–H groups in total. The van der Waals surface area contributed by atoms with Crippen LogP contribution in [0.25, 0.3) is 15.3 Å². The molecule has 0 fully saturated rings. The van der Waals surface area contributed by atoms with Crippen LogP contribution in [0.5, 0.6) is 17.2 Å². The second-order valence-corrected chi connectivity index (χ2v) is 8.72. The number of ether oxygens (including phenoxy) is 3. The van der Waals surface area contributed by atoms with E-state index in [9.17, 15) is 4.79 Å². The van der Waals surface area contributed by atoms with E-state index in [0.717, 1.165) is 32.8 Å². The van der Waals surface area contributed by atoms with Gasteiger partial charge >= 0.3 is 0 Å². The summed E-state index contributed by atoms with van der Waals surface area (Å²) in [5.74, 6) is 2.42. The van der Waals surface area contributed by atoms with E-state index in [1.165, 1.54) is 11.3 Å². The Morgan fingerprint density at radius 3 is 2.82 bits per heavy atom. The fourth-order valence-electron chi connectivity index (χ4n) is 4.33. The summed E-state index contributed by atoms with van der Waals surface area (Å²) >= 11 is 1.50. The Bertz CT molecular complexity index is 1360. The molecular formula is C24H24N4O4S. The Labute approximate surface area is 195 Å². The highest BCUT2D eigenvalue weighted by atomic mass is 32.1. The molecule has 1 amide bonds. The molecule has 170 valence electrons. The molecule has 8 nitrogen and oxygen atoms in total. The molecule has 0 bridgehead atoms. The van der Waals surface area contributed by atoms with Crippen LogP contribution >= 0.6 is 11.3 Å². The predicted molar refractivity (Wildman–Crippen MR) is 127 cm³/mol. The number of amides is 1. The highest BCUT2D eigenvalue weighted by Crippen LogP contribution is 2.46. The summed E-state index contributed by atoms with van der Waals surface area (Å²) in [7, 11) is 3.26. The van der Waals surface area contributed by atoms with Gasteiger partial charge in [-0.2, -0.15) is 9.78 Å². The molecular weight excluding hydrogens is 440 g/mol. The lowest BCUT2D eigenvalue weighted by atomic mass is 9.85. The molecule has 1 atom stereocenters. The van der Waals surface area contributed by atoms with Crippen molar-refractivity contribution in [1.29, 1.82) is 0 Å². The smallest absolute Gasteiger partial charge is 0.226 e. The third-order valence-electron chi connectivity index (χ3n) is 5.76. The van der Waals surface area contributed by atoms with Gasteiger partial charge in [-0.05, 0) is 38.1 Å². The highest BCUT2D eigenvalue weighted by Gasteiger charge is 2.35. The number of anilines is 1. The van der Waals surface area contributed by atoms with Crippen LogP contribution in [-0.4, -0.2) is 41.5 Å². The number of methoxy groups -OCH3 is 2. The number of carbonyl (C=O) groups is 1. The monoisotopic (exact) mass is 464 g/mol. The number of aromatic nitrogens is 3. The summed E-state index contributed by atoms with van der Waals surface area (Å²) in [5, 5.41) is 8.48. The molecule has 0 saturated heterocycles. The zero-order valence-electron chi connectivity index (χ0n) is 18.8. The summed E-state index contributed by atoms with van der Waals surface area (Å²) in [6, 6.07) is 11.5. The first kappa shape index (κ1) is 21.3. The van der Waals surface area contributed by atoms with Crippen molar-refractivity contribution in [3.8, 4) is 22.4 Å². The Kier molecular flexibility index (Phi) is 5.41. The number of nitrogens with one attached hydrogen (secondary N) is 1. The van der Waals surface area contributed by atoms with Crippen molar-refractivity contribution in [3.05, 3.63) is 53.2 Å². The standard InChI is InChI=1S/C24H24N4O4S/c1-5-32-22-15(7-6-8-18(22)31-4)16-12-20(29)26-23-21(16)13(2)27-28(23)24-25-17-10-9-14(30-3)11-19(17)33-24/h6-11,16H,5,12H2,1-4H3,(H,26,29)/t16-/m0/s1. The van der Waals surface area contributed by atoms with Crippen LogP contribution in [0.3, 0.4) is 0 Å². The van der Waals surface area contributed by atoms with Crippen LogP contribution in [0.4, 0.5) is 5.82 Å². The van der Waals surface area contributed by atoms with Gasteiger partial charge in [-0.3, -0.25) is 4.79 Å². The average molecular weight is 465 g/mol. The van der Waals surface area contributed by atoms with E-state index in [2.05, 4.69) is 5.32 Å². The predicted octanol–water partition coefficient (Wildman–Crippen LogP) is 4.68. The second-order valence-electron chi connectivity index (χ2n) is 7.71. The fourth-order valence-corrected chi connectivity index (χ4v) is 5.28. The van der Waals surface area contributed by atoms with Crippen molar-refractivity contribution in [1.82, 2.24) is 14.8 Å². The third kappa shape index (κ3) is 3.58. The van der Waals surface area contributed by atoms with Gasteiger partial charge in [0.05, 0.1) is 36.7 Å². The zero-order chi connectivity index (χ0) is 23.1. The molecule has 1 aliphatic rings. The highest BCUT2D eigenvalue weighted by molar-refractivity contribution is 7.20. The van der Waals surface area contributed by atoms with Gasteiger partial charge in [-0.25, -0.2) is 4.98 Å². The maximum atomic E-state index is 12.8. The number of hydrogen-bond donors (Lipinski definition) is 1. The molecule has 2 aromatic carbocycles. The van der Waals surface area contributed by atoms with Gasteiger partial charge in [0, 0.05) is 23.5 Å². The summed E-state index contributed by atoms with van der Waals surface area (Å²) in [6.45, 7) is 4.38. The lowest BCUT2D eigenvalue weighted by Gasteiger charge is -2.26. The van der Waals surface area contributed by atoms with Crippen LogP contribution in [-0.2, 0) is 4.79 Å². The first-order valence-corrected chi connectivity index (χ1v) is 11.5. The molecule has 5 rings (SSSR count). The minimum Gasteiger partial charge on any atom is -0.497 e. The molecule has 0 radical (unpaired) electrons. The first-order chi connectivity index (χ1) is 16.0. The number of benzene rings is 2. The van der Waals surface area contributed by atoms with Gasteiger partial charge in [0.2, 0.25) is 11.0 Å². The summed E-state index contributed by atoms with van der Waals surface area (Å²) in [5.41, 5.74) is 3.55. The SMILES string of the molecule is CCOc1c(OC)cccc1[C@@H]1CC(=O)Nc2c1c(C)nn2-c1nc2ccc(OC)cc2s1. The van der Waals surface area contributed by atoms with E-state index in [1.807, 2.05) is 50.2 Å². The van der Waals surface area contributed by atoms with E-state index in [4.69, 9.17) is 24.3 Å². The number of aryl methyl sites for hydroxylation is 1. The second kappa shape index (κ2) is 8.40. The number of para-hydroxylation sites is 1. The van der Waals surface area contributed by atoms with Gasteiger partial charge < -0.3 is 19.5 Å². The lowest BCUT2D eigenvalue weighted by Crippen LogP contribution is -2.25. The number of rotatable bonds is 6. The van der Waals surface area contributed by atoms with Crippen LogP contribution in [0.2, 0.25) is 0 Å². The van der Waals surface area contributed by atoms with Gasteiger partial charge in [0.25, 0.3) is 0 Å². The molecule has 0 aliphatic carbocycles. The van der Waals surface area contributed by atoms with E-state index in [1.54, 1.807) is 18.9 Å². The van der Waals surface area contributed by atoms with E-state index in [-0.39, 0.29) is 11.8 Å². The van der Waals surface area contributed by atoms with Crippen LogP contribution in [0.1, 0.15) is 36.1 Å². The number of fused-ring (bicyclic) bond motifs is 2. The zero-order valence-corrected chi connectivity index (χ0v) is 19.7. The van der Waals surface area contributed by atoms with Crippen LogP contribution in [0.15, 0.2) is 36.4 Å². The Morgan fingerprint density at radius 1 is 1.21 bits per heavy atom. The Hall–Kier alpha value is -3.59. The van der Waals surface area contributed by atoms with E-state index < -0.39 is 0 Å². The normalized spacial score (nSPS) is 15.3. The van der Waals surface area contributed by atoms with Gasteiger partial charge in [-0.1, -0.05) is 23.5 Å². The van der Waals surface area contributed by atoms with Gasteiger partial charge in [0.1, 0.15) is 11.6 Å². The topological polar surface area (TPSA) is 87.5 Å². The van der Waals surface area contributed by atoms with Crippen molar-refractivity contribution >= 4 is 33.3 Å². The van der Waals surface area contributed by atoms with Crippen molar-refractivity contribution in [2.45, 2.75) is 26.2 Å². The third-order valence-corrected chi connectivity index (χ3v) is 6.76. The molecule has 0 spiro atoms. The number of hydrogen-bond acceptors (Lipinski definition) is 7. The van der Waals surface area contributed by atoms with Crippen molar-refractivity contribution in [2.24, 2.45) is 0 Å². The fraction of sp³-hybridized carbons (Fsp3) is 0.292. The lowest BCUT2D eigenvalue weighted by molar-refractivity contribution is -0.116. The number of carbonyl (C=O) groups excluding carboxylic acids is 1. The minimum absolute atomic E-state index is 0.0818. The first-order valence-electron chi connectivity index (χ1n) is 10.7. The maximum Gasteiger partial charge on any atom is 0.226 e. The number of nitrogens with zero attached hydrogens (tertiary/aromatic N) is 3. The van der Waals surface area contributed by atoms with Crippen molar-refractivity contribution in [3.63, 3.8) is 0 Å². The molecule has 3 heterocycles. The maximum absolute atomic E-state index is 12.8. The van der Waals surface area contributed by atoms with Crippen LogP contribution < -0.4 is 19.5 Å². The average Bonchev–Trinajstić information content (AvgIpc) is 3.39. The molecule has 9 heteroatoms. The summed E-state index contributed by atoms with van der Waals surface area (Å²) in [6.07, 6.45) is 0.295. The molecule has 0 saturated carbocycles. The van der Waals surface area contributed by atoms with Crippen molar-refractivity contribution in [2.75, 3.05) is 26.1 Å². The largest absolute Gasteiger partial charge is 0.497 e. The summed E-state index contributed by atoms with van der Waals surface area (Å²) < 4.78 is 19.5. The molecule has 1 aliphatic heterocycles. The Morgan fingerprint density at radius 2 is 2.06 bits per heavy atom. The quantitative estimate of drug-likeness (QED) is 0.446. The van der Waals surface area contributed by atoms with Gasteiger partial charge in [0.15, 0.2) is 11.5 Å². The van der Waals surface area contributed by atoms with Gasteiger partial charge in [-0.15, -0.1) is 0 Å². The number of thiazole rings is 1.